The van der Waals surface area contributed by atoms with Gasteiger partial charge in [-0.1, -0.05) is 6.07 Å². The van der Waals surface area contributed by atoms with Crippen molar-refractivity contribution in [3.63, 3.8) is 0 Å². The lowest BCUT2D eigenvalue weighted by molar-refractivity contribution is -0.231. The van der Waals surface area contributed by atoms with E-state index in [9.17, 15) is 4.79 Å². The van der Waals surface area contributed by atoms with Crippen LogP contribution in [0.1, 0.15) is 37.9 Å². The molecule has 0 radical (unpaired) electrons. The number of piperidine rings is 1. The Bertz CT molecular complexity index is 566. The summed E-state index contributed by atoms with van der Waals surface area (Å²) in [6, 6.07) is 6.25. The number of nitrogens with zero attached hydrogens (tertiary/aromatic N) is 1. The molecule has 0 aromatic heterocycles. The van der Waals surface area contributed by atoms with E-state index in [1.165, 1.54) is 5.56 Å². The van der Waals surface area contributed by atoms with Crippen molar-refractivity contribution in [2.24, 2.45) is 0 Å². The predicted octanol–water partition coefficient (Wildman–Crippen LogP) is 1.78. The molecule has 0 saturated carbocycles. The Morgan fingerprint density at radius 2 is 2.35 bits per heavy atom. The fourth-order valence-corrected chi connectivity index (χ4v) is 3.61. The molecule has 3 aliphatic heterocycles. The molecular weight excluding hydrogens is 256 g/mol. The van der Waals surface area contributed by atoms with Crippen LogP contribution in [-0.4, -0.2) is 30.2 Å². The fraction of sp³-hybridized carbons (Fsp3) is 0.533. The molecule has 3 heterocycles. The van der Waals surface area contributed by atoms with Crippen molar-refractivity contribution in [3.8, 4) is 5.75 Å². The first-order valence-corrected chi connectivity index (χ1v) is 7.17. The number of hydroxylamine groups is 2. The summed E-state index contributed by atoms with van der Waals surface area (Å²) in [6.07, 6.45) is 3.10. The first kappa shape index (κ1) is 12.2. The monoisotopic (exact) mass is 276 g/mol. The fourth-order valence-electron chi connectivity index (χ4n) is 3.61. The molecule has 2 bridgehead atoms. The molecule has 5 heteroatoms. The van der Waals surface area contributed by atoms with Crippen LogP contribution in [0.4, 0.5) is 0 Å². The zero-order chi connectivity index (χ0) is 13.7. The van der Waals surface area contributed by atoms with Gasteiger partial charge in [0.05, 0.1) is 13.2 Å². The SMILES string of the molecule is COc1ccc2c(c1)CON1C(=O)C3CCCC(N3)C21.[HH]. The van der Waals surface area contributed by atoms with E-state index < -0.39 is 0 Å². The number of carbonyl (C=O) groups excluding carboxylic acids is 1. The van der Waals surface area contributed by atoms with Crippen molar-refractivity contribution in [2.45, 2.75) is 44.0 Å². The Kier molecular flexibility index (Phi) is 2.72. The number of carbonyl (C=O) groups is 1. The highest BCUT2D eigenvalue weighted by molar-refractivity contribution is 5.83. The van der Waals surface area contributed by atoms with Gasteiger partial charge in [0.1, 0.15) is 18.4 Å². The number of ether oxygens (including phenoxy) is 1. The maximum atomic E-state index is 12.4. The molecule has 0 aliphatic carbocycles. The Hall–Kier alpha value is -1.59. The van der Waals surface area contributed by atoms with E-state index in [4.69, 9.17) is 9.57 Å². The molecule has 3 atom stereocenters. The molecule has 20 heavy (non-hydrogen) atoms. The number of hydrogen-bond acceptors (Lipinski definition) is 4. The van der Waals surface area contributed by atoms with E-state index in [2.05, 4.69) is 11.4 Å². The molecule has 1 N–H and O–H groups in total. The van der Waals surface area contributed by atoms with Crippen LogP contribution in [0.25, 0.3) is 0 Å². The lowest BCUT2D eigenvalue weighted by atomic mass is 9.83. The summed E-state index contributed by atoms with van der Waals surface area (Å²) in [5.41, 5.74) is 2.30. The van der Waals surface area contributed by atoms with E-state index in [1.807, 2.05) is 12.1 Å². The van der Waals surface area contributed by atoms with Crippen LogP contribution in [0, 0.1) is 0 Å². The highest BCUT2D eigenvalue weighted by Gasteiger charge is 2.47. The summed E-state index contributed by atoms with van der Waals surface area (Å²) in [7, 11) is 1.66. The van der Waals surface area contributed by atoms with Crippen LogP contribution in [0.2, 0.25) is 0 Å². The number of methoxy groups -OCH3 is 1. The van der Waals surface area contributed by atoms with Crippen molar-refractivity contribution in [1.29, 1.82) is 0 Å². The maximum Gasteiger partial charge on any atom is 0.263 e. The van der Waals surface area contributed by atoms with Crippen molar-refractivity contribution in [1.82, 2.24) is 10.4 Å². The number of piperazine rings is 1. The molecule has 1 amide bonds. The largest absolute Gasteiger partial charge is 0.497 e. The summed E-state index contributed by atoms with van der Waals surface area (Å²) in [5, 5.41) is 5.08. The standard InChI is InChI=1S/C15H18N2O3.H2/c1-19-10-5-6-11-9(7-10)8-20-17-14(11)12-3-2-4-13(16-12)15(17)18;/h5-7,12-14,16H,2-4,8H2,1H3;1H. The molecule has 2 saturated heterocycles. The lowest BCUT2D eigenvalue weighted by Crippen LogP contribution is -2.63. The maximum absolute atomic E-state index is 12.4. The smallest absolute Gasteiger partial charge is 0.263 e. The van der Waals surface area contributed by atoms with Gasteiger partial charge >= 0.3 is 0 Å². The average Bonchev–Trinajstić information content (AvgIpc) is 2.51. The highest BCUT2D eigenvalue weighted by atomic mass is 16.7. The second kappa shape index (κ2) is 4.46. The summed E-state index contributed by atoms with van der Waals surface area (Å²) < 4.78 is 5.27. The number of nitrogens with one attached hydrogen (secondary N) is 1. The molecule has 108 valence electrons. The Morgan fingerprint density at radius 1 is 1.45 bits per heavy atom. The minimum atomic E-state index is -0.0650. The minimum absolute atomic E-state index is 0. The third kappa shape index (κ3) is 1.66. The molecular formula is C15H20N2O3. The van der Waals surface area contributed by atoms with Gasteiger partial charge in [-0.05, 0) is 42.5 Å². The van der Waals surface area contributed by atoms with Crippen molar-refractivity contribution in [3.05, 3.63) is 29.3 Å². The van der Waals surface area contributed by atoms with Crippen molar-refractivity contribution < 1.29 is 15.8 Å². The van der Waals surface area contributed by atoms with Crippen LogP contribution < -0.4 is 10.1 Å². The molecule has 0 spiro atoms. The highest BCUT2D eigenvalue weighted by Crippen LogP contribution is 2.41. The van der Waals surface area contributed by atoms with Gasteiger partial charge in [0.15, 0.2) is 0 Å². The number of benzene rings is 1. The van der Waals surface area contributed by atoms with Crippen LogP contribution in [0.15, 0.2) is 18.2 Å². The van der Waals surface area contributed by atoms with E-state index in [1.54, 1.807) is 12.2 Å². The quantitative estimate of drug-likeness (QED) is 0.849. The van der Waals surface area contributed by atoms with E-state index in [0.717, 1.165) is 30.6 Å². The molecule has 3 aliphatic rings. The Labute approximate surface area is 119 Å². The van der Waals surface area contributed by atoms with E-state index in [0.29, 0.717) is 12.6 Å². The average molecular weight is 276 g/mol. The minimum Gasteiger partial charge on any atom is -0.497 e. The molecule has 1 aromatic carbocycles. The third-order valence-corrected chi connectivity index (χ3v) is 4.60. The second-order valence-corrected chi connectivity index (χ2v) is 5.70. The number of amides is 1. The normalized spacial score (nSPS) is 31.6. The van der Waals surface area contributed by atoms with Gasteiger partial charge < -0.3 is 10.1 Å². The number of rotatable bonds is 1. The predicted molar refractivity (Wildman–Crippen MR) is 74.0 cm³/mol. The van der Waals surface area contributed by atoms with Gasteiger partial charge in [-0.2, -0.15) is 0 Å². The summed E-state index contributed by atoms with van der Waals surface area (Å²) in [6.45, 7) is 0.439. The van der Waals surface area contributed by atoms with Crippen LogP contribution in [0.3, 0.4) is 0 Å². The lowest BCUT2D eigenvalue weighted by Gasteiger charge is -2.49. The summed E-state index contributed by atoms with van der Waals surface area (Å²) in [5.74, 6) is 0.907. The summed E-state index contributed by atoms with van der Waals surface area (Å²) >= 11 is 0. The first-order valence-electron chi connectivity index (χ1n) is 7.17. The molecule has 2 fully saturated rings. The molecule has 5 nitrogen and oxygen atoms in total. The molecule has 3 unspecified atom stereocenters. The molecule has 4 rings (SSSR count). The summed E-state index contributed by atoms with van der Waals surface area (Å²) in [4.78, 5) is 18.2. The topological polar surface area (TPSA) is 50.8 Å². The van der Waals surface area contributed by atoms with Gasteiger partial charge in [0, 0.05) is 7.47 Å². The second-order valence-electron chi connectivity index (χ2n) is 5.70. The van der Waals surface area contributed by atoms with Crippen LogP contribution >= 0.6 is 0 Å². The number of hydrogen-bond donors (Lipinski definition) is 1. The van der Waals surface area contributed by atoms with Gasteiger partial charge in [-0.3, -0.25) is 9.63 Å². The van der Waals surface area contributed by atoms with Gasteiger partial charge in [-0.15, -0.1) is 0 Å². The van der Waals surface area contributed by atoms with Gasteiger partial charge in [0.2, 0.25) is 0 Å². The van der Waals surface area contributed by atoms with Crippen LogP contribution in [0.5, 0.6) is 5.75 Å². The van der Waals surface area contributed by atoms with Crippen molar-refractivity contribution in [2.75, 3.05) is 7.11 Å². The van der Waals surface area contributed by atoms with Gasteiger partial charge in [0.25, 0.3) is 5.91 Å². The number of fused-ring (bicyclic) bond motifs is 6. The van der Waals surface area contributed by atoms with Gasteiger partial charge in [-0.25, -0.2) is 5.06 Å². The Balaban J connectivity index is 0.00000132. The van der Waals surface area contributed by atoms with Crippen molar-refractivity contribution >= 4 is 5.91 Å². The first-order chi connectivity index (χ1) is 9.78. The zero-order valence-corrected chi connectivity index (χ0v) is 11.5. The zero-order valence-electron chi connectivity index (χ0n) is 11.5. The van der Waals surface area contributed by atoms with Crippen LogP contribution in [-0.2, 0) is 16.2 Å². The molecule has 1 aromatic rings. The Morgan fingerprint density at radius 3 is 3.20 bits per heavy atom. The van der Waals surface area contributed by atoms with E-state index in [-0.39, 0.29) is 19.4 Å². The third-order valence-electron chi connectivity index (χ3n) is 4.60. The van der Waals surface area contributed by atoms with E-state index >= 15 is 0 Å².